The molecular formula is C12H24N4. The Bertz CT molecular complexity index is 343. The molecule has 0 aromatic carbocycles. The average molecular weight is 224 g/mol. The molecule has 0 saturated heterocycles. The highest BCUT2D eigenvalue weighted by molar-refractivity contribution is 5.28. The van der Waals surface area contributed by atoms with Gasteiger partial charge in [0.25, 0.3) is 0 Å². The van der Waals surface area contributed by atoms with Crippen molar-refractivity contribution in [2.75, 3.05) is 0 Å². The quantitative estimate of drug-likeness (QED) is 0.594. The number of nitrogens with zero attached hydrogens (tertiary/aromatic N) is 2. The minimum Gasteiger partial charge on any atom is -0.272 e. The van der Waals surface area contributed by atoms with Crippen LogP contribution in [0.2, 0.25) is 0 Å². The van der Waals surface area contributed by atoms with E-state index in [0.717, 1.165) is 12.1 Å². The van der Waals surface area contributed by atoms with E-state index in [2.05, 4.69) is 31.3 Å². The Labute approximate surface area is 98.2 Å². The molecule has 2 atom stereocenters. The Morgan fingerprint density at radius 3 is 2.44 bits per heavy atom. The summed E-state index contributed by atoms with van der Waals surface area (Å²) < 4.78 is 1.92. The number of hydrogen-bond acceptors (Lipinski definition) is 3. The van der Waals surface area contributed by atoms with Crippen molar-refractivity contribution in [3.63, 3.8) is 0 Å². The van der Waals surface area contributed by atoms with Crippen LogP contribution in [0.4, 0.5) is 0 Å². The fourth-order valence-electron chi connectivity index (χ4n) is 2.13. The van der Waals surface area contributed by atoms with E-state index in [9.17, 15) is 0 Å². The fourth-order valence-corrected chi connectivity index (χ4v) is 2.13. The lowest BCUT2D eigenvalue weighted by molar-refractivity contribution is 0.405. The molecule has 92 valence electrons. The van der Waals surface area contributed by atoms with Crippen molar-refractivity contribution >= 4 is 0 Å². The number of nitrogens with two attached hydrogens (primary N) is 1. The molecule has 16 heavy (non-hydrogen) atoms. The molecule has 0 spiro atoms. The molecule has 1 aromatic heterocycles. The maximum absolute atomic E-state index is 5.67. The Balaban J connectivity index is 2.94. The molecule has 4 nitrogen and oxygen atoms in total. The van der Waals surface area contributed by atoms with Crippen LogP contribution in [0.1, 0.15) is 49.7 Å². The van der Waals surface area contributed by atoms with Gasteiger partial charge in [-0.2, -0.15) is 5.10 Å². The lowest BCUT2D eigenvalue weighted by Crippen LogP contribution is -2.30. The van der Waals surface area contributed by atoms with Gasteiger partial charge in [-0.05, 0) is 26.2 Å². The summed E-state index contributed by atoms with van der Waals surface area (Å²) in [5, 5.41) is 4.43. The summed E-state index contributed by atoms with van der Waals surface area (Å²) in [6, 6.07) is 0.212. The monoisotopic (exact) mass is 224 g/mol. The predicted molar refractivity (Wildman–Crippen MR) is 66.8 cm³/mol. The second-order valence-corrected chi connectivity index (χ2v) is 4.68. The number of rotatable bonds is 5. The van der Waals surface area contributed by atoms with Crippen LogP contribution in [0.15, 0.2) is 0 Å². The summed E-state index contributed by atoms with van der Waals surface area (Å²) in [6.45, 7) is 8.60. The number of hydrazine groups is 1. The first-order chi connectivity index (χ1) is 7.51. The molecule has 0 saturated carbocycles. The van der Waals surface area contributed by atoms with E-state index in [1.54, 1.807) is 0 Å². The zero-order valence-electron chi connectivity index (χ0n) is 11.0. The fraction of sp³-hybridized carbons (Fsp3) is 0.750. The molecule has 0 bridgehead atoms. The van der Waals surface area contributed by atoms with Crippen molar-refractivity contribution in [2.45, 2.75) is 46.6 Å². The van der Waals surface area contributed by atoms with Gasteiger partial charge in [-0.3, -0.25) is 16.0 Å². The standard InChI is InChI=1S/C12H24N4/c1-6-8(2)7-11(14-13)12-9(3)15-16(5)10(12)4/h8,11,14H,6-7,13H2,1-5H3. The predicted octanol–water partition coefficient (Wildman–Crippen LogP) is 1.98. The number of hydrogen-bond donors (Lipinski definition) is 2. The molecule has 2 unspecified atom stereocenters. The van der Waals surface area contributed by atoms with Gasteiger partial charge in [-0.15, -0.1) is 0 Å². The van der Waals surface area contributed by atoms with Gasteiger partial charge in [0.05, 0.1) is 5.69 Å². The van der Waals surface area contributed by atoms with Crippen LogP contribution >= 0.6 is 0 Å². The lowest BCUT2D eigenvalue weighted by Gasteiger charge is -2.20. The normalized spacial score (nSPS) is 15.1. The van der Waals surface area contributed by atoms with E-state index < -0.39 is 0 Å². The first-order valence-electron chi connectivity index (χ1n) is 5.97. The van der Waals surface area contributed by atoms with E-state index in [-0.39, 0.29) is 6.04 Å². The molecule has 0 aliphatic heterocycles. The van der Waals surface area contributed by atoms with Crippen molar-refractivity contribution in [2.24, 2.45) is 18.8 Å². The minimum absolute atomic E-state index is 0.212. The van der Waals surface area contributed by atoms with Crippen LogP contribution in [0.5, 0.6) is 0 Å². The summed E-state index contributed by atoms with van der Waals surface area (Å²) in [6.07, 6.45) is 2.23. The summed E-state index contributed by atoms with van der Waals surface area (Å²) in [7, 11) is 1.97. The van der Waals surface area contributed by atoms with Crippen molar-refractivity contribution in [1.82, 2.24) is 15.2 Å². The molecular weight excluding hydrogens is 200 g/mol. The van der Waals surface area contributed by atoms with Gasteiger partial charge >= 0.3 is 0 Å². The van der Waals surface area contributed by atoms with Gasteiger partial charge in [0.2, 0.25) is 0 Å². The minimum atomic E-state index is 0.212. The van der Waals surface area contributed by atoms with Crippen LogP contribution in [-0.2, 0) is 7.05 Å². The maximum Gasteiger partial charge on any atom is 0.0644 e. The first-order valence-corrected chi connectivity index (χ1v) is 5.97. The number of nitrogens with one attached hydrogen (secondary N) is 1. The summed E-state index contributed by atoms with van der Waals surface area (Å²) in [5.41, 5.74) is 6.45. The summed E-state index contributed by atoms with van der Waals surface area (Å²) >= 11 is 0. The van der Waals surface area contributed by atoms with Crippen LogP contribution in [-0.4, -0.2) is 9.78 Å². The smallest absolute Gasteiger partial charge is 0.0644 e. The van der Waals surface area contributed by atoms with Crippen molar-refractivity contribution < 1.29 is 0 Å². The van der Waals surface area contributed by atoms with Crippen molar-refractivity contribution in [3.05, 3.63) is 17.0 Å². The second-order valence-electron chi connectivity index (χ2n) is 4.68. The van der Waals surface area contributed by atoms with E-state index >= 15 is 0 Å². The number of aryl methyl sites for hydroxylation is 2. The molecule has 0 aliphatic rings. The zero-order valence-corrected chi connectivity index (χ0v) is 11.0. The highest BCUT2D eigenvalue weighted by Gasteiger charge is 2.20. The zero-order chi connectivity index (χ0) is 12.3. The van der Waals surface area contributed by atoms with Gasteiger partial charge < -0.3 is 0 Å². The molecule has 1 aromatic rings. The van der Waals surface area contributed by atoms with Crippen molar-refractivity contribution in [3.8, 4) is 0 Å². The Hall–Kier alpha value is -0.870. The van der Waals surface area contributed by atoms with Crippen LogP contribution < -0.4 is 11.3 Å². The highest BCUT2D eigenvalue weighted by atomic mass is 15.3. The Morgan fingerprint density at radius 2 is 2.06 bits per heavy atom. The highest BCUT2D eigenvalue weighted by Crippen LogP contribution is 2.27. The van der Waals surface area contributed by atoms with Crippen LogP contribution in [0.25, 0.3) is 0 Å². The molecule has 0 radical (unpaired) electrons. The largest absolute Gasteiger partial charge is 0.272 e. The van der Waals surface area contributed by atoms with E-state index in [0.29, 0.717) is 5.92 Å². The van der Waals surface area contributed by atoms with Crippen LogP contribution in [0, 0.1) is 19.8 Å². The third-order valence-electron chi connectivity index (χ3n) is 3.45. The average Bonchev–Trinajstić information content (AvgIpc) is 2.50. The molecule has 4 heteroatoms. The van der Waals surface area contributed by atoms with Crippen LogP contribution in [0.3, 0.4) is 0 Å². The maximum atomic E-state index is 5.67. The molecule has 0 fully saturated rings. The molecule has 1 rings (SSSR count). The van der Waals surface area contributed by atoms with E-state index in [1.165, 1.54) is 17.7 Å². The molecule has 0 amide bonds. The van der Waals surface area contributed by atoms with E-state index in [1.807, 2.05) is 18.7 Å². The third kappa shape index (κ3) is 2.62. The molecule has 0 aliphatic carbocycles. The Kier molecular flexibility index (Phi) is 4.50. The van der Waals surface area contributed by atoms with Gasteiger partial charge in [0, 0.05) is 24.3 Å². The number of aromatic nitrogens is 2. The SMILES string of the molecule is CCC(C)CC(NN)c1c(C)nn(C)c1C. The molecule has 3 N–H and O–H groups in total. The van der Waals surface area contributed by atoms with Gasteiger partial charge in [0.1, 0.15) is 0 Å². The summed E-state index contributed by atoms with van der Waals surface area (Å²) in [5.74, 6) is 6.33. The van der Waals surface area contributed by atoms with Gasteiger partial charge in [-0.25, -0.2) is 0 Å². The van der Waals surface area contributed by atoms with Crippen molar-refractivity contribution in [1.29, 1.82) is 0 Å². The summed E-state index contributed by atoms with van der Waals surface area (Å²) in [4.78, 5) is 0. The third-order valence-corrected chi connectivity index (χ3v) is 3.45. The first kappa shape index (κ1) is 13.2. The Morgan fingerprint density at radius 1 is 1.44 bits per heavy atom. The van der Waals surface area contributed by atoms with Gasteiger partial charge in [0.15, 0.2) is 0 Å². The second kappa shape index (κ2) is 5.46. The van der Waals surface area contributed by atoms with Gasteiger partial charge in [-0.1, -0.05) is 20.3 Å². The van der Waals surface area contributed by atoms with E-state index in [4.69, 9.17) is 5.84 Å². The molecule has 1 heterocycles. The topological polar surface area (TPSA) is 55.9 Å². The lowest BCUT2D eigenvalue weighted by atomic mass is 9.93.